The van der Waals surface area contributed by atoms with Crippen LogP contribution in [0, 0.1) is 0 Å². The standard InChI is InChI=1S/C21H34O2S/c1-7-15-17(9-3)20-18(16(8-2)19(15)22)11-12-21(10-4,23-20)13-14-24(5)6/h7-14H2,1-6H3/p+1/t21-/m1/s1. The predicted molar refractivity (Wildman–Crippen MR) is 107 cm³/mol. The molecule has 0 aliphatic carbocycles. The van der Waals surface area contributed by atoms with Crippen molar-refractivity contribution < 1.29 is 9.84 Å². The minimum Gasteiger partial charge on any atom is -0.507 e. The van der Waals surface area contributed by atoms with E-state index in [1.165, 1.54) is 16.9 Å². The number of benzene rings is 1. The zero-order valence-electron chi connectivity index (χ0n) is 16.4. The highest BCUT2D eigenvalue weighted by atomic mass is 32.2. The first kappa shape index (κ1) is 19.5. The molecule has 0 saturated heterocycles. The molecule has 24 heavy (non-hydrogen) atoms. The van der Waals surface area contributed by atoms with Crippen LogP contribution >= 0.6 is 0 Å². The minimum atomic E-state index is -0.0127. The fourth-order valence-electron chi connectivity index (χ4n) is 4.06. The van der Waals surface area contributed by atoms with Gasteiger partial charge in [0.2, 0.25) is 0 Å². The molecule has 1 aromatic rings. The van der Waals surface area contributed by atoms with Crippen molar-refractivity contribution in [3.63, 3.8) is 0 Å². The Morgan fingerprint density at radius 3 is 2.12 bits per heavy atom. The summed E-state index contributed by atoms with van der Waals surface area (Å²) >= 11 is 0. The Kier molecular flexibility index (Phi) is 6.52. The molecule has 1 aromatic carbocycles. The van der Waals surface area contributed by atoms with E-state index in [0.29, 0.717) is 16.6 Å². The van der Waals surface area contributed by atoms with E-state index >= 15 is 0 Å². The summed E-state index contributed by atoms with van der Waals surface area (Å²) in [5.41, 5.74) is 4.73. The highest BCUT2D eigenvalue weighted by Crippen LogP contribution is 2.46. The highest BCUT2D eigenvalue weighted by molar-refractivity contribution is 7.95. The third kappa shape index (κ3) is 3.56. The molecule has 1 aliphatic heterocycles. The Morgan fingerprint density at radius 1 is 1.00 bits per heavy atom. The second-order valence-corrected chi connectivity index (χ2v) is 9.61. The van der Waals surface area contributed by atoms with Gasteiger partial charge in [-0.15, -0.1) is 0 Å². The summed E-state index contributed by atoms with van der Waals surface area (Å²) in [5.74, 6) is 2.89. The molecule has 0 saturated carbocycles. The lowest BCUT2D eigenvalue weighted by atomic mass is 9.81. The number of hydrogen-bond acceptors (Lipinski definition) is 2. The summed E-state index contributed by atoms with van der Waals surface area (Å²) in [6.07, 6.45) is 11.6. The van der Waals surface area contributed by atoms with Crippen molar-refractivity contribution >= 4 is 10.9 Å². The van der Waals surface area contributed by atoms with Gasteiger partial charge in [0.25, 0.3) is 0 Å². The summed E-state index contributed by atoms with van der Waals surface area (Å²) < 4.78 is 6.77. The van der Waals surface area contributed by atoms with Gasteiger partial charge in [-0.3, -0.25) is 0 Å². The van der Waals surface area contributed by atoms with E-state index in [-0.39, 0.29) is 5.60 Å². The maximum absolute atomic E-state index is 10.8. The maximum Gasteiger partial charge on any atom is 0.127 e. The van der Waals surface area contributed by atoms with Crippen LogP contribution in [0.4, 0.5) is 0 Å². The Balaban J connectivity index is 2.52. The maximum atomic E-state index is 10.8. The molecule has 0 amide bonds. The molecule has 1 heterocycles. The minimum absolute atomic E-state index is 0.0127. The molecule has 0 spiro atoms. The third-order valence-electron chi connectivity index (χ3n) is 5.67. The van der Waals surface area contributed by atoms with Crippen LogP contribution in [0.5, 0.6) is 11.5 Å². The van der Waals surface area contributed by atoms with Gasteiger partial charge >= 0.3 is 0 Å². The van der Waals surface area contributed by atoms with Crippen molar-refractivity contribution in [1.82, 2.24) is 0 Å². The molecule has 136 valence electrons. The van der Waals surface area contributed by atoms with Gasteiger partial charge in [0.15, 0.2) is 0 Å². The van der Waals surface area contributed by atoms with Crippen molar-refractivity contribution in [2.75, 3.05) is 18.3 Å². The van der Waals surface area contributed by atoms with Gasteiger partial charge in [-0.1, -0.05) is 27.7 Å². The number of ether oxygens (including phenoxy) is 1. The smallest absolute Gasteiger partial charge is 0.127 e. The van der Waals surface area contributed by atoms with Gasteiger partial charge in [0, 0.05) is 28.7 Å². The van der Waals surface area contributed by atoms with Crippen LogP contribution in [0.2, 0.25) is 0 Å². The summed E-state index contributed by atoms with van der Waals surface area (Å²) in [4.78, 5) is 0. The molecule has 2 rings (SSSR count). The van der Waals surface area contributed by atoms with Crippen molar-refractivity contribution in [3.8, 4) is 11.5 Å². The number of rotatable bonds is 7. The van der Waals surface area contributed by atoms with Crippen molar-refractivity contribution in [3.05, 3.63) is 22.3 Å². The van der Waals surface area contributed by atoms with E-state index in [2.05, 4.69) is 40.2 Å². The lowest BCUT2D eigenvalue weighted by Gasteiger charge is -2.40. The molecule has 2 nitrogen and oxygen atoms in total. The lowest BCUT2D eigenvalue weighted by Crippen LogP contribution is -2.41. The second-order valence-electron chi connectivity index (χ2n) is 7.23. The molecular formula is C21H35O2S+. The molecule has 1 atom stereocenters. The summed E-state index contributed by atoms with van der Waals surface area (Å²) in [7, 11) is 0.455. The largest absolute Gasteiger partial charge is 0.507 e. The van der Waals surface area contributed by atoms with Crippen LogP contribution in [0.25, 0.3) is 0 Å². The molecule has 0 aromatic heterocycles. The third-order valence-corrected chi connectivity index (χ3v) is 6.69. The Labute approximate surface area is 151 Å². The second kappa shape index (κ2) is 8.03. The van der Waals surface area contributed by atoms with Crippen LogP contribution in [0.3, 0.4) is 0 Å². The van der Waals surface area contributed by atoms with E-state index in [9.17, 15) is 5.11 Å². The molecule has 0 bridgehead atoms. The van der Waals surface area contributed by atoms with Crippen LogP contribution in [0.15, 0.2) is 0 Å². The highest BCUT2D eigenvalue weighted by Gasteiger charge is 2.38. The molecule has 3 heteroatoms. The topological polar surface area (TPSA) is 29.5 Å². The summed E-state index contributed by atoms with van der Waals surface area (Å²) in [6, 6.07) is 0. The lowest BCUT2D eigenvalue weighted by molar-refractivity contribution is 0.0378. The average molecular weight is 352 g/mol. The van der Waals surface area contributed by atoms with Crippen molar-refractivity contribution in [2.24, 2.45) is 0 Å². The molecule has 0 unspecified atom stereocenters. The molecular weight excluding hydrogens is 316 g/mol. The number of fused-ring (bicyclic) bond motifs is 1. The first-order chi connectivity index (χ1) is 11.4. The fraction of sp³-hybridized carbons (Fsp3) is 0.714. The van der Waals surface area contributed by atoms with Gasteiger partial charge in [-0.2, -0.15) is 0 Å². The van der Waals surface area contributed by atoms with Crippen LogP contribution in [0.1, 0.15) is 69.2 Å². The predicted octanol–water partition coefficient (Wildman–Crippen LogP) is 4.82. The van der Waals surface area contributed by atoms with Crippen LogP contribution < -0.4 is 4.74 Å². The summed E-state index contributed by atoms with van der Waals surface area (Å²) in [6.45, 7) is 8.72. The number of aromatic hydroxyl groups is 1. The number of hydrogen-bond donors (Lipinski definition) is 1. The number of phenolic OH excluding ortho intramolecular Hbond substituents is 1. The fourth-order valence-corrected chi connectivity index (χ4v) is 4.84. The van der Waals surface area contributed by atoms with Crippen molar-refractivity contribution in [1.29, 1.82) is 0 Å². The van der Waals surface area contributed by atoms with Crippen molar-refractivity contribution in [2.45, 2.75) is 78.2 Å². The van der Waals surface area contributed by atoms with Crippen LogP contribution in [-0.2, 0) is 36.6 Å². The van der Waals surface area contributed by atoms with Gasteiger partial charge in [0.05, 0.1) is 12.5 Å². The Bertz CT molecular complexity index is 555. The monoisotopic (exact) mass is 351 g/mol. The van der Waals surface area contributed by atoms with Gasteiger partial charge in [0.1, 0.15) is 22.9 Å². The quantitative estimate of drug-likeness (QED) is 0.714. The SMILES string of the molecule is CCc1c(O)c(CC)c2c(c1CC)O[C@@](CC)(CC[S+](C)C)CC2. The van der Waals surface area contributed by atoms with Gasteiger partial charge in [-0.05, 0) is 49.4 Å². The summed E-state index contributed by atoms with van der Waals surface area (Å²) in [5, 5.41) is 10.8. The zero-order valence-corrected chi connectivity index (χ0v) is 17.2. The average Bonchev–Trinajstić information content (AvgIpc) is 2.59. The normalized spacial score (nSPS) is 20.1. The van der Waals surface area contributed by atoms with E-state index in [1.54, 1.807) is 0 Å². The van der Waals surface area contributed by atoms with Gasteiger partial charge in [-0.25, -0.2) is 0 Å². The molecule has 1 aliphatic rings. The van der Waals surface area contributed by atoms with E-state index in [4.69, 9.17) is 4.74 Å². The first-order valence-electron chi connectivity index (χ1n) is 9.54. The molecule has 0 fully saturated rings. The van der Waals surface area contributed by atoms with Gasteiger partial charge < -0.3 is 9.84 Å². The zero-order chi connectivity index (χ0) is 17.9. The number of phenols is 1. The van der Waals surface area contributed by atoms with E-state index < -0.39 is 0 Å². The first-order valence-corrected chi connectivity index (χ1v) is 11.8. The molecule has 0 radical (unpaired) electrons. The van der Waals surface area contributed by atoms with E-state index in [0.717, 1.165) is 61.8 Å². The van der Waals surface area contributed by atoms with Crippen LogP contribution in [-0.4, -0.2) is 29.0 Å². The van der Waals surface area contributed by atoms with E-state index in [1.807, 2.05) is 0 Å². The Morgan fingerprint density at radius 2 is 1.62 bits per heavy atom. The molecule has 1 N–H and O–H groups in total. The Hall–Kier alpha value is -0.830.